The van der Waals surface area contributed by atoms with E-state index in [0.717, 1.165) is 22.3 Å². The third kappa shape index (κ3) is 3.64. The van der Waals surface area contributed by atoms with Crippen molar-refractivity contribution in [1.29, 1.82) is 0 Å². The van der Waals surface area contributed by atoms with Crippen molar-refractivity contribution in [3.8, 4) is 5.75 Å². The number of thiophene rings is 1. The van der Waals surface area contributed by atoms with E-state index in [1.807, 2.05) is 6.92 Å². The third-order valence-corrected chi connectivity index (χ3v) is 7.23. The lowest BCUT2D eigenvalue weighted by Crippen LogP contribution is -2.28. The monoisotopic (exact) mass is 498 g/mol. The summed E-state index contributed by atoms with van der Waals surface area (Å²) in [6, 6.07) is 10.8. The first-order chi connectivity index (χ1) is 16.4. The first kappa shape index (κ1) is 22.2. The molecule has 1 amide bonds. The van der Waals surface area contributed by atoms with Gasteiger partial charge in [0.1, 0.15) is 28.9 Å². The maximum absolute atomic E-state index is 14.3. The predicted octanol–water partition coefficient (Wildman–Crippen LogP) is 5.66. The molecule has 1 saturated heterocycles. The van der Waals surface area contributed by atoms with Crippen LogP contribution in [0.5, 0.6) is 5.75 Å². The van der Waals surface area contributed by atoms with Crippen LogP contribution in [0.2, 0.25) is 0 Å². The lowest BCUT2D eigenvalue weighted by atomic mass is 10.00. The Labute approximate surface area is 200 Å². The van der Waals surface area contributed by atoms with Crippen molar-refractivity contribution in [2.45, 2.75) is 13.0 Å². The van der Waals surface area contributed by atoms with Crippen molar-refractivity contribution in [2.24, 2.45) is 0 Å². The molecule has 34 heavy (non-hydrogen) atoms. The van der Waals surface area contributed by atoms with Gasteiger partial charge in [-0.15, -0.1) is 11.3 Å². The summed E-state index contributed by atoms with van der Waals surface area (Å²) in [5.41, 5.74) is 0.127. The van der Waals surface area contributed by atoms with Gasteiger partial charge in [0.2, 0.25) is 0 Å². The molecule has 0 spiro atoms. The number of halogens is 2. The number of aliphatic hydroxyl groups excluding tert-OH is 1. The number of Topliss-reactive ketones (excluding diaryl/α,β-unsaturated/α-hetero) is 1. The molecule has 1 fully saturated rings. The van der Waals surface area contributed by atoms with Crippen LogP contribution in [0.15, 0.2) is 59.5 Å². The molecule has 0 aliphatic carbocycles. The van der Waals surface area contributed by atoms with E-state index >= 15 is 0 Å². The van der Waals surface area contributed by atoms with Crippen LogP contribution >= 0.6 is 22.7 Å². The minimum Gasteiger partial charge on any atom is -0.507 e. The number of amides is 1. The number of rotatable bonds is 5. The van der Waals surface area contributed by atoms with Crippen molar-refractivity contribution in [3.05, 3.63) is 81.6 Å². The van der Waals surface area contributed by atoms with Crippen LogP contribution in [-0.2, 0) is 9.59 Å². The number of thiazole rings is 1. The number of aliphatic hydroxyl groups is 1. The zero-order valence-electron chi connectivity index (χ0n) is 17.6. The number of nitrogens with zero attached hydrogens (tertiary/aromatic N) is 2. The molecular formula is C24H16F2N2O4S2. The van der Waals surface area contributed by atoms with Gasteiger partial charge in [-0.05, 0) is 48.7 Å². The van der Waals surface area contributed by atoms with Crippen molar-refractivity contribution in [3.63, 3.8) is 0 Å². The first-order valence-corrected chi connectivity index (χ1v) is 11.9. The quantitative estimate of drug-likeness (QED) is 0.218. The third-order valence-electron chi connectivity index (χ3n) is 5.30. The summed E-state index contributed by atoms with van der Waals surface area (Å²) < 4.78 is 33.6. The van der Waals surface area contributed by atoms with Crippen molar-refractivity contribution >= 4 is 55.5 Å². The molecular weight excluding hydrogens is 482 g/mol. The van der Waals surface area contributed by atoms with Crippen LogP contribution in [-0.4, -0.2) is 28.4 Å². The normalized spacial score (nSPS) is 17.6. The Morgan fingerprint density at radius 1 is 1.18 bits per heavy atom. The van der Waals surface area contributed by atoms with Crippen molar-refractivity contribution < 1.29 is 28.2 Å². The van der Waals surface area contributed by atoms with Crippen LogP contribution in [0.3, 0.4) is 0 Å². The smallest absolute Gasteiger partial charge is 0.301 e. The predicted molar refractivity (Wildman–Crippen MR) is 126 cm³/mol. The van der Waals surface area contributed by atoms with Gasteiger partial charge < -0.3 is 9.84 Å². The van der Waals surface area contributed by atoms with E-state index in [1.165, 1.54) is 11.3 Å². The van der Waals surface area contributed by atoms with Crippen LogP contribution < -0.4 is 9.64 Å². The summed E-state index contributed by atoms with van der Waals surface area (Å²) >= 11 is 2.18. The van der Waals surface area contributed by atoms with E-state index < -0.39 is 29.4 Å². The largest absolute Gasteiger partial charge is 0.507 e. The van der Waals surface area contributed by atoms with Crippen LogP contribution in [0.25, 0.3) is 16.0 Å². The van der Waals surface area contributed by atoms with E-state index in [9.17, 15) is 23.5 Å². The van der Waals surface area contributed by atoms with Crippen molar-refractivity contribution in [2.75, 3.05) is 11.5 Å². The van der Waals surface area contributed by atoms with Gasteiger partial charge in [-0.2, -0.15) is 0 Å². The van der Waals surface area contributed by atoms with Gasteiger partial charge in [0.25, 0.3) is 5.78 Å². The zero-order valence-corrected chi connectivity index (χ0v) is 19.3. The van der Waals surface area contributed by atoms with Crippen LogP contribution in [0.4, 0.5) is 13.9 Å². The zero-order chi connectivity index (χ0) is 24.0. The molecule has 3 heterocycles. The first-order valence-electron chi connectivity index (χ1n) is 10.2. The number of fused-ring (bicyclic) bond motifs is 1. The van der Waals surface area contributed by atoms with Gasteiger partial charge >= 0.3 is 5.91 Å². The molecule has 2 aromatic carbocycles. The number of carbonyl (C=O) groups is 2. The molecule has 2 aromatic heterocycles. The second-order valence-corrected chi connectivity index (χ2v) is 9.36. The minimum absolute atomic E-state index is 0.0331. The number of ketones is 1. The number of ether oxygens (including phenoxy) is 1. The summed E-state index contributed by atoms with van der Waals surface area (Å²) in [5.74, 6) is -3.19. The Bertz CT molecular complexity index is 1450. The number of carbonyl (C=O) groups excluding carboxylic acids is 2. The Balaban J connectivity index is 1.67. The van der Waals surface area contributed by atoms with Gasteiger partial charge in [-0.1, -0.05) is 17.4 Å². The molecule has 1 aliphatic rings. The van der Waals surface area contributed by atoms with Gasteiger partial charge in [-0.25, -0.2) is 13.8 Å². The number of anilines is 1. The molecule has 0 radical (unpaired) electrons. The fraction of sp³-hybridized carbons (Fsp3) is 0.125. The fourth-order valence-electron chi connectivity index (χ4n) is 3.83. The van der Waals surface area contributed by atoms with Gasteiger partial charge in [0.05, 0.1) is 16.9 Å². The average Bonchev–Trinajstić information content (AvgIpc) is 3.53. The molecule has 1 N–H and O–H groups in total. The second-order valence-electron chi connectivity index (χ2n) is 7.37. The number of hydrogen-bond acceptors (Lipinski definition) is 7. The number of benzene rings is 2. The summed E-state index contributed by atoms with van der Waals surface area (Å²) in [6.45, 7) is 2.32. The summed E-state index contributed by atoms with van der Waals surface area (Å²) in [5, 5.41) is 12.9. The highest BCUT2D eigenvalue weighted by atomic mass is 32.1. The molecule has 0 saturated carbocycles. The Kier molecular flexibility index (Phi) is 5.62. The SMILES string of the molecule is CCOc1ccc(/C(O)=C2\C(=O)C(=O)N(c3nc4c(F)cc(F)cc4s3)C2c2cccs2)cc1. The molecule has 1 atom stereocenters. The van der Waals surface area contributed by atoms with E-state index in [4.69, 9.17) is 4.74 Å². The summed E-state index contributed by atoms with van der Waals surface area (Å²) in [7, 11) is 0. The standard InChI is InChI=1S/C24H16F2N2O4S2/c1-2-32-14-7-5-12(6-8-14)21(29)18-20(16-4-3-9-33-16)28(23(31)22(18)30)24-27-19-15(26)10-13(25)11-17(19)34-24/h3-11,20,29H,2H2,1H3/b21-18+. The molecule has 5 rings (SSSR count). The lowest BCUT2D eigenvalue weighted by Gasteiger charge is -2.21. The molecule has 0 bridgehead atoms. The molecule has 1 unspecified atom stereocenters. The fourth-order valence-corrected chi connectivity index (χ4v) is 5.68. The maximum atomic E-state index is 14.3. The Hall–Kier alpha value is -3.63. The Morgan fingerprint density at radius 2 is 1.94 bits per heavy atom. The second kappa shape index (κ2) is 8.62. The average molecular weight is 499 g/mol. The van der Waals surface area contributed by atoms with Gasteiger partial charge in [-0.3, -0.25) is 14.5 Å². The van der Waals surface area contributed by atoms with E-state index in [1.54, 1.807) is 41.8 Å². The molecule has 4 aromatic rings. The maximum Gasteiger partial charge on any atom is 0.301 e. The molecule has 10 heteroatoms. The summed E-state index contributed by atoms with van der Waals surface area (Å²) in [6.07, 6.45) is 0. The minimum atomic E-state index is -0.972. The molecule has 1 aliphatic heterocycles. The highest BCUT2D eigenvalue weighted by molar-refractivity contribution is 7.22. The van der Waals surface area contributed by atoms with Gasteiger partial charge in [0.15, 0.2) is 10.9 Å². The molecule has 172 valence electrons. The lowest BCUT2D eigenvalue weighted by molar-refractivity contribution is -0.132. The number of aromatic nitrogens is 1. The Morgan fingerprint density at radius 3 is 2.62 bits per heavy atom. The number of hydrogen-bond donors (Lipinski definition) is 1. The molecule has 6 nitrogen and oxygen atoms in total. The van der Waals surface area contributed by atoms with E-state index in [2.05, 4.69) is 4.98 Å². The van der Waals surface area contributed by atoms with Crippen LogP contribution in [0, 0.1) is 11.6 Å². The highest BCUT2D eigenvalue weighted by Gasteiger charge is 2.48. The van der Waals surface area contributed by atoms with Gasteiger partial charge in [0, 0.05) is 16.5 Å². The highest BCUT2D eigenvalue weighted by Crippen LogP contribution is 2.45. The van der Waals surface area contributed by atoms with Crippen molar-refractivity contribution in [1.82, 2.24) is 4.98 Å². The summed E-state index contributed by atoms with van der Waals surface area (Å²) in [4.78, 5) is 32.2. The topological polar surface area (TPSA) is 79.7 Å². The van der Waals surface area contributed by atoms with E-state index in [-0.39, 0.29) is 26.7 Å². The van der Waals surface area contributed by atoms with Crippen LogP contribution in [0.1, 0.15) is 23.4 Å². The van der Waals surface area contributed by atoms with E-state index in [0.29, 0.717) is 28.9 Å².